The number of allylic oxidation sites excluding steroid dienone is 1. The molecule has 2 heterocycles. The van der Waals surface area contributed by atoms with Crippen LogP contribution in [0.25, 0.3) is 0 Å². The molecule has 12 nitrogen and oxygen atoms in total. The number of piperidine rings is 1. The number of likely N-dealkylation sites (tertiary alicyclic amines) is 1. The molecule has 1 saturated heterocycles. The minimum Gasteiger partial charge on any atom is -0.382 e. The van der Waals surface area contributed by atoms with Crippen LogP contribution in [0.2, 0.25) is 0 Å². The molecule has 4 N–H and O–H groups in total. The summed E-state index contributed by atoms with van der Waals surface area (Å²) in [5.41, 5.74) is 7.92. The van der Waals surface area contributed by atoms with Crippen LogP contribution in [0, 0.1) is 0 Å². The smallest absolute Gasteiger partial charge is 0.204 e. The monoisotopic (exact) mass is 717 g/mol. The third-order valence-corrected chi connectivity index (χ3v) is 6.90. The van der Waals surface area contributed by atoms with Gasteiger partial charge < -0.3 is 45.0 Å². The van der Waals surface area contributed by atoms with E-state index in [1.165, 1.54) is 32.5 Å². The summed E-state index contributed by atoms with van der Waals surface area (Å²) in [7, 11) is 1.81. The molecule has 0 unspecified atom stereocenters. The van der Waals surface area contributed by atoms with E-state index in [9.17, 15) is 0 Å². The summed E-state index contributed by atoms with van der Waals surface area (Å²) in [6.45, 7) is 25.5. The van der Waals surface area contributed by atoms with E-state index >= 15 is 0 Å². The minimum atomic E-state index is 0. The lowest BCUT2D eigenvalue weighted by molar-refractivity contribution is -0.106. The van der Waals surface area contributed by atoms with Crippen LogP contribution >= 0.6 is 0 Å². The maximum Gasteiger partial charge on any atom is 0.204 e. The Morgan fingerprint density at radius 2 is 1.57 bits per heavy atom. The van der Waals surface area contributed by atoms with Crippen molar-refractivity contribution in [3.8, 4) is 0 Å². The van der Waals surface area contributed by atoms with Gasteiger partial charge in [0, 0.05) is 61.7 Å². The summed E-state index contributed by atoms with van der Waals surface area (Å²) in [4.78, 5) is 19.2. The number of aromatic nitrogens is 1. The van der Waals surface area contributed by atoms with Gasteiger partial charge in [-0.05, 0) is 51.6 Å². The van der Waals surface area contributed by atoms with Gasteiger partial charge in [0.1, 0.15) is 5.82 Å². The van der Waals surface area contributed by atoms with E-state index in [2.05, 4.69) is 65.3 Å². The van der Waals surface area contributed by atoms with Crippen molar-refractivity contribution in [2.75, 3.05) is 77.0 Å². The standard InChI is InChI=1S/C27H38N4O4.C8H17NO.C2H6.CH3NO.CH4/c1-22(2)30-26-18-27(31-23(3)10-11-28-4)29-19-25(26)21-35-17-15-33-13-12-32-14-16-34-20-24-8-6-5-7-9-24;1-3-9-6-4-8(10-2)5-7-9;1-2;2-1-3;/h5-11,18-19,22H,3-4,12-17,20-21H2,1-2H3,(H2,29,30,31);8H,3-7H2,1-2H3;1-2H3;1H,(H2,2,3);1H4/b11-10-;;;;. The zero-order valence-corrected chi connectivity index (χ0v) is 31.4. The molecule has 1 aromatic heterocycles. The molecule has 0 saturated carbocycles. The third kappa shape index (κ3) is 26.8. The van der Waals surface area contributed by atoms with E-state index < -0.39 is 0 Å². The maximum absolute atomic E-state index is 8.58. The number of hydrogen-bond donors (Lipinski definition) is 3. The average Bonchev–Trinajstić information content (AvgIpc) is 3.13. The lowest BCUT2D eigenvalue weighted by Gasteiger charge is -2.29. The number of aliphatic imine (C=N–C) groups is 1. The first-order chi connectivity index (χ1) is 24.4. The van der Waals surface area contributed by atoms with Crippen molar-refractivity contribution in [2.45, 2.75) is 80.2 Å². The molecular weight excluding hydrogens is 648 g/mol. The average molecular weight is 717 g/mol. The van der Waals surface area contributed by atoms with Crippen LogP contribution in [0.1, 0.15) is 66.0 Å². The Morgan fingerprint density at radius 3 is 2.08 bits per heavy atom. The van der Waals surface area contributed by atoms with E-state index in [4.69, 9.17) is 28.5 Å². The minimum absolute atomic E-state index is 0. The third-order valence-electron chi connectivity index (χ3n) is 6.90. The molecule has 0 bridgehead atoms. The first-order valence-electron chi connectivity index (χ1n) is 17.5. The van der Waals surface area contributed by atoms with E-state index in [1.807, 2.05) is 57.4 Å². The quantitative estimate of drug-likeness (QED) is 0.0554. The summed E-state index contributed by atoms with van der Waals surface area (Å²) in [6.07, 6.45) is 8.30. The molecule has 1 fully saturated rings. The number of primary amides is 1. The topological polar surface area (TPSA) is 142 Å². The second-order valence-electron chi connectivity index (χ2n) is 11.0. The molecule has 1 aliphatic rings. The molecule has 1 aliphatic heterocycles. The fraction of sp³-hybridized carbons (Fsp3) is 0.564. The summed E-state index contributed by atoms with van der Waals surface area (Å²) in [5, 5.41) is 6.57. The van der Waals surface area contributed by atoms with E-state index in [-0.39, 0.29) is 19.9 Å². The second-order valence-corrected chi connectivity index (χ2v) is 11.0. The van der Waals surface area contributed by atoms with Crippen LogP contribution in [-0.4, -0.2) is 102 Å². The Kier molecular flexibility index (Phi) is 33.7. The van der Waals surface area contributed by atoms with Crippen molar-refractivity contribution in [1.29, 1.82) is 0 Å². The predicted molar refractivity (Wildman–Crippen MR) is 212 cm³/mol. The van der Waals surface area contributed by atoms with Crippen molar-refractivity contribution < 1.29 is 28.5 Å². The number of amides is 1. The van der Waals surface area contributed by atoms with Gasteiger partial charge in [-0.25, -0.2) is 4.98 Å². The number of nitrogens with zero attached hydrogens (tertiary/aromatic N) is 3. The first kappa shape index (κ1) is 49.5. The molecule has 3 rings (SSSR count). The number of methoxy groups -OCH3 is 1. The Balaban J connectivity index is 0. The van der Waals surface area contributed by atoms with Gasteiger partial charge in [0.05, 0.1) is 59.0 Å². The molecule has 0 spiro atoms. The number of anilines is 2. The van der Waals surface area contributed by atoms with Crippen molar-refractivity contribution in [2.24, 2.45) is 10.7 Å². The normalized spacial score (nSPS) is 12.6. The van der Waals surface area contributed by atoms with E-state index in [0.29, 0.717) is 70.5 Å². The predicted octanol–water partition coefficient (Wildman–Crippen LogP) is 6.69. The molecule has 0 radical (unpaired) electrons. The molecule has 1 amide bonds. The molecule has 2 aromatic rings. The van der Waals surface area contributed by atoms with Crippen LogP contribution in [0.3, 0.4) is 0 Å². The number of benzene rings is 1. The fourth-order valence-electron chi connectivity index (χ4n) is 4.43. The van der Waals surface area contributed by atoms with Crippen LogP contribution in [0.4, 0.5) is 11.5 Å². The van der Waals surface area contributed by atoms with Gasteiger partial charge in [0.2, 0.25) is 6.41 Å². The van der Waals surface area contributed by atoms with Crippen molar-refractivity contribution >= 4 is 24.6 Å². The highest BCUT2D eigenvalue weighted by Crippen LogP contribution is 2.21. The zero-order chi connectivity index (χ0) is 37.2. The number of nitrogens with two attached hydrogens (primary N) is 1. The van der Waals surface area contributed by atoms with Gasteiger partial charge in [-0.2, -0.15) is 0 Å². The molecule has 12 heteroatoms. The number of ether oxygens (including phenoxy) is 5. The Morgan fingerprint density at radius 1 is 1.02 bits per heavy atom. The molecule has 290 valence electrons. The summed E-state index contributed by atoms with van der Waals surface area (Å²) in [5.74, 6) is 0.685. The largest absolute Gasteiger partial charge is 0.382 e. The highest BCUT2D eigenvalue weighted by atomic mass is 16.6. The number of rotatable bonds is 21. The molecule has 0 atom stereocenters. The number of pyridine rings is 1. The molecule has 0 aliphatic carbocycles. The molecule has 1 aromatic carbocycles. The fourth-order valence-corrected chi connectivity index (χ4v) is 4.43. The van der Waals surface area contributed by atoms with Crippen molar-refractivity contribution in [3.63, 3.8) is 0 Å². The molecule has 51 heavy (non-hydrogen) atoms. The Labute approximate surface area is 308 Å². The maximum atomic E-state index is 8.58. The zero-order valence-electron chi connectivity index (χ0n) is 31.4. The van der Waals surface area contributed by atoms with E-state index in [1.54, 1.807) is 18.5 Å². The summed E-state index contributed by atoms with van der Waals surface area (Å²) < 4.78 is 27.7. The Hall–Kier alpha value is -3.65. The lowest BCUT2D eigenvalue weighted by atomic mass is 10.1. The van der Waals surface area contributed by atoms with Gasteiger partial charge in [-0.3, -0.25) is 9.79 Å². The lowest BCUT2D eigenvalue weighted by Crippen LogP contribution is -2.36. The van der Waals surface area contributed by atoms with Crippen molar-refractivity contribution in [1.82, 2.24) is 9.88 Å². The highest BCUT2D eigenvalue weighted by Gasteiger charge is 2.16. The SMILES string of the molecule is C.C=N/C=C\C(=C)Nc1cc(NC(C)C)c(COCCOCCOCCOCc2ccccc2)cn1.CC.CCN1CCC(OC)CC1.NC=O. The summed E-state index contributed by atoms with van der Waals surface area (Å²) >= 11 is 0. The molecular formula is C39H68N6O6. The second kappa shape index (κ2) is 34.8. The van der Waals surface area contributed by atoms with Gasteiger partial charge in [-0.15, -0.1) is 0 Å². The highest BCUT2D eigenvalue weighted by molar-refractivity contribution is 5.59. The van der Waals surface area contributed by atoms with Crippen molar-refractivity contribution in [3.05, 3.63) is 78.3 Å². The van der Waals surface area contributed by atoms with Crippen LogP contribution in [-0.2, 0) is 41.7 Å². The van der Waals surface area contributed by atoms with Crippen LogP contribution < -0.4 is 16.4 Å². The van der Waals surface area contributed by atoms with Gasteiger partial charge in [0.15, 0.2) is 0 Å². The Bertz CT molecular complexity index is 1130. The van der Waals surface area contributed by atoms with Crippen LogP contribution in [0.15, 0.2) is 72.1 Å². The number of hydrogen-bond acceptors (Lipinski definition) is 11. The van der Waals surface area contributed by atoms with Gasteiger partial charge in [-0.1, -0.05) is 65.1 Å². The number of nitrogens with one attached hydrogen (secondary N) is 2. The first-order valence-corrected chi connectivity index (χ1v) is 17.5. The van der Waals surface area contributed by atoms with Gasteiger partial charge in [0.25, 0.3) is 0 Å². The number of carbonyl (C=O) groups is 1. The summed E-state index contributed by atoms with van der Waals surface area (Å²) in [6, 6.07) is 12.3. The van der Waals surface area contributed by atoms with Crippen LogP contribution in [0.5, 0.6) is 0 Å². The van der Waals surface area contributed by atoms with Gasteiger partial charge >= 0.3 is 0 Å². The van der Waals surface area contributed by atoms with E-state index in [0.717, 1.165) is 16.8 Å². The number of carbonyl (C=O) groups excluding carboxylic acids is 1.